The average molecular weight is 329 g/mol. The van der Waals surface area contributed by atoms with Gasteiger partial charge in [0, 0.05) is 23.2 Å². The molecule has 2 aromatic rings. The van der Waals surface area contributed by atoms with E-state index >= 15 is 0 Å². The van der Waals surface area contributed by atoms with Gasteiger partial charge in [0.15, 0.2) is 0 Å². The van der Waals surface area contributed by atoms with Gasteiger partial charge in [-0.25, -0.2) is 22.5 Å². The maximum absolute atomic E-state index is 13.8. The summed E-state index contributed by atoms with van der Waals surface area (Å²) in [6, 6.07) is 2.65. The third-order valence-electron chi connectivity index (χ3n) is 2.96. The number of halogens is 1. The highest BCUT2D eigenvalue weighted by Gasteiger charge is 2.20. The normalized spacial score (nSPS) is 11.8. The van der Waals surface area contributed by atoms with Crippen LogP contribution in [0.3, 0.4) is 0 Å². The molecule has 0 spiro atoms. The average Bonchev–Trinajstić information content (AvgIpc) is 2.85. The number of nitrogens with two attached hydrogens (primary N) is 1. The van der Waals surface area contributed by atoms with Crippen LogP contribution in [0.2, 0.25) is 0 Å². The SMILES string of the molecule is Cc1csc(CNS(=O)(=O)c2cc(CN)cc(F)c2C)n1. The topological polar surface area (TPSA) is 85.1 Å². The third kappa shape index (κ3) is 3.65. The first-order valence-electron chi connectivity index (χ1n) is 6.23. The van der Waals surface area contributed by atoms with Crippen LogP contribution < -0.4 is 10.5 Å². The van der Waals surface area contributed by atoms with Gasteiger partial charge in [0.25, 0.3) is 0 Å². The molecule has 2 rings (SSSR count). The van der Waals surface area contributed by atoms with Gasteiger partial charge in [0.05, 0.1) is 11.4 Å². The maximum atomic E-state index is 13.8. The van der Waals surface area contributed by atoms with E-state index in [1.54, 1.807) is 0 Å². The molecule has 0 atom stereocenters. The summed E-state index contributed by atoms with van der Waals surface area (Å²) in [6.07, 6.45) is 0. The minimum Gasteiger partial charge on any atom is -0.326 e. The molecule has 8 heteroatoms. The Hall–Kier alpha value is -1.35. The van der Waals surface area contributed by atoms with Crippen LogP contribution >= 0.6 is 11.3 Å². The van der Waals surface area contributed by atoms with E-state index in [9.17, 15) is 12.8 Å². The van der Waals surface area contributed by atoms with Gasteiger partial charge in [0.1, 0.15) is 10.8 Å². The molecule has 0 saturated carbocycles. The van der Waals surface area contributed by atoms with Crippen LogP contribution in [0.5, 0.6) is 0 Å². The van der Waals surface area contributed by atoms with Gasteiger partial charge in [-0.05, 0) is 31.5 Å². The second kappa shape index (κ2) is 6.18. The van der Waals surface area contributed by atoms with E-state index in [1.807, 2.05) is 12.3 Å². The predicted octanol–water partition coefficient (Wildman–Crippen LogP) is 1.84. The molecule has 0 fully saturated rings. The summed E-state index contributed by atoms with van der Waals surface area (Å²) >= 11 is 1.37. The molecule has 0 amide bonds. The lowest BCUT2D eigenvalue weighted by atomic mass is 10.1. The number of nitrogens with zero attached hydrogens (tertiary/aromatic N) is 1. The number of benzene rings is 1. The van der Waals surface area contributed by atoms with Gasteiger partial charge in [-0.15, -0.1) is 11.3 Å². The Kier molecular flexibility index (Phi) is 4.72. The van der Waals surface area contributed by atoms with Crippen LogP contribution in [0.25, 0.3) is 0 Å². The molecule has 1 aromatic carbocycles. The molecule has 0 saturated heterocycles. The molecule has 0 aliphatic carbocycles. The summed E-state index contributed by atoms with van der Waals surface area (Å²) < 4.78 is 40.8. The van der Waals surface area contributed by atoms with Gasteiger partial charge in [-0.2, -0.15) is 0 Å². The quantitative estimate of drug-likeness (QED) is 0.876. The number of sulfonamides is 1. The van der Waals surface area contributed by atoms with Crippen molar-refractivity contribution in [2.24, 2.45) is 5.73 Å². The molecule has 3 N–H and O–H groups in total. The third-order valence-corrected chi connectivity index (χ3v) is 5.46. The summed E-state index contributed by atoms with van der Waals surface area (Å²) in [5, 5.41) is 2.49. The zero-order valence-corrected chi connectivity index (χ0v) is 13.3. The maximum Gasteiger partial charge on any atom is 0.241 e. The molecule has 5 nitrogen and oxygen atoms in total. The van der Waals surface area contributed by atoms with Crippen molar-refractivity contribution in [2.45, 2.75) is 31.8 Å². The predicted molar refractivity (Wildman–Crippen MR) is 79.9 cm³/mol. The van der Waals surface area contributed by atoms with E-state index in [4.69, 9.17) is 5.73 Å². The van der Waals surface area contributed by atoms with Crippen molar-refractivity contribution >= 4 is 21.4 Å². The van der Waals surface area contributed by atoms with E-state index in [0.717, 1.165) is 5.69 Å². The number of nitrogens with one attached hydrogen (secondary N) is 1. The first-order chi connectivity index (χ1) is 9.83. The fraction of sp³-hybridized carbons (Fsp3) is 0.308. The highest BCUT2D eigenvalue weighted by Crippen LogP contribution is 2.21. The molecule has 0 bridgehead atoms. The Morgan fingerprint density at radius 2 is 2.10 bits per heavy atom. The first-order valence-corrected chi connectivity index (χ1v) is 8.59. The van der Waals surface area contributed by atoms with Gasteiger partial charge < -0.3 is 5.73 Å². The van der Waals surface area contributed by atoms with Gasteiger partial charge in [-0.1, -0.05) is 0 Å². The molecular formula is C13H16FN3O2S2. The molecular weight excluding hydrogens is 313 g/mol. The van der Waals surface area contributed by atoms with Crippen LogP contribution in [0.1, 0.15) is 21.8 Å². The molecule has 0 unspecified atom stereocenters. The van der Waals surface area contributed by atoms with Gasteiger partial charge in [0.2, 0.25) is 10.0 Å². The van der Waals surface area contributed by atoms with Crippen molar-refractivity contribution in [1.29, 1.82) is 0 Å². The zero-order chi connectivity index (χ0) is 15.6. The molecule has 0 aliphatic rings. The van der Waals surface area contributed by atoms with Crippen molar-refractivity contribution in [2.75, 3.05) is 0 Å². The van der Waals surface area contributed by atoms with E-state index in [-0.39, 0.29) is 23.5 Å². The number of hydrogen-bond donors (Lipinski definition) is 2. The lowest BCUT2D eigenvalue weighted by Gasteiger charge is -2.11. The number of thiazole rings is 1. The van der Waals surface area contributed by atoms with Crippen molar-refractivity contribution in [3.05, 3.63) is 45.2 Å². The Labute approximate surface area is 127 Å². The Balaban J connectivity index is 2.29. The minimum atomic E-state index is -3.81. The number of hydrogen-bond acceptors (Lipinski definition) is 5. The summed E-state index contributed by atoms with van der Waals surface area (Å²) in [4.78, 5) is 4.09. The second-order valence-corrected chi connectivity index (χ2v) is 7.29. The molecule has 0 radical (unpaired) electrons. The van der Waals surface area contributed by atoms with E-state index in [2.05, 4.69) is 9.71 Å². The Bertz CT molecular complexity index is 757. The Morgan fingerprint density at radius 1 is 1.38 bits per heavy atom. The largest absolute Gasteiger partial charge is 0.326 e. The molecule has 114 valence electrons. The van der Waals surface area contributed by atoms with E-state index in [1.165, 1.54) is 30.4 Å². The van der Waals surface area contributed by atoms with Crippen molar-refractivity contribution in [1.82, 2.24) is 9.71 Å². The van der Waals surface area contributed by atoms with Crippen LogP contribution in [-0.2, 0) is 23.1 Å². The fourth-order valence-corrected chi connectivity index (χ4v) is 3.91. The van der Waals surface area contributed by atoms with Crippen LogP contribution in [-0.4, -0.2) is 13.4 Å². The van der Waals surface area contributed by atoms with E-state index in [0.29, 0.717) is 10.6 Å². The smallest absolute Gasteiger partial charge is 0.241 e. The zero-order valence-electron chi connectivity index (χ0n) is 11.7. The highest BCUT2D eigenvalue weighted by molar-refractivity contribution is 7.89. The van der Waals surface area contributed by atoms with Gasteiger partial charge in [-0.3, -0.25) is 0 Å². The molecule has 1 aromatic heterocycles. The molecule has 21 heavy (non-hydrogen) atoms. The summed E-state index contributed by atoms with van der Waals surface area (Å²) in [6.45, 7) is 3.41. The van der Waals surface area contributed by atoms with Crippen molar-refractivity contribution in [3.8, 4) is 0 Å². The molecule has 1 heterocycles. The first kappa shape index (κ1) is 16.0. The van der Waals surface area contributed by atoms with Gasteiger partial charge >= 0.3 is 0 Å². The number of aromatic nitrogens is 1. The Morgan fingerprint density at radius 3 is 2.67 bits per heavy atom. The van der Waals surface area contributed by atoms with Crippen LogP contribution in [0.4, 0.5) is 4.39 Å². The monoisotopic (exact) mass is 329 g/mol. The summed E-state index contributed by atoms with van der Waals surface area (Å²) in [5.74, 6) is -0.580. The fourth-order valence-electron chi connectivity index (χ4n) is 1.82. The van der Waals surface area contributed by atoms with E-state index < -0.39 is 15.8 Å². The summed E-state index contributed by atoms with van der Waals surface area (Å²) in [7, 11) is -3.81. The van der Waals surface area contributed by atoms with Crippen LogP contribution in [0, 0.1) is 19.7 Å². The lowest BCUT2D eigenvalue weighted by molar-refractivity contribution is 0.573. The number of aryl methyl sites for hydroxylation is 1. The van der Waals surface area contributed by atoms with Crippen LogP contribution in [0.15, 0.2) is 22.4 Å². The highest BCUT2D eigenvalue weighted by atomic mass is 32.2. The lowest BCUT2D eigenvalue weighted by Crippen LogP contribution is -2.24. The van der Waals surface area contributed by atoms with Crippen molar-refractivity contribution < 1.29 is 12.8 Å². The standard InChI is InChI=1S/C13H16FN3O2S2/c1-8-7-20-13(17-8)6-16-21(18,19)12-4-10(5-15)3-11(14)9(12)2/h3-4,7,16H,5-6,15H2,1-2H3. The number of rotatable bonds is 5. The summed E-state index contributed by atoms with van der Waals surface area (Å²) in [5.41, 5.74) is 6.81. The molecule has 0 aliphatic heterocycles. The minimum absolute atomic E-state index is 0.0748. The van der Waals surface area contributed by atoms with Crippen molar-refractivity contribution in [3.63, 3.8) is 0 Å². The second-order valence-electron chi connectivity index (χ2n) is 4.61.